The van der Waals surface area contributed by atoms with Crippen molar-refractivity contribution in [1.29, 1.82) is 0 Å². The lowest BCUT2D eigenvalue weighted by molar-refractivity contribution is -0.134. The number of nitrogens with zero attached hydrogens (tertiary/aromatic N) is 3. The van der Waals surface area contributed by atoms with Crippen molar-refractivity contribution in [2.75, 3.05) is 24.5 Å². The summed E-state index contributed by atoms with van der Waals surface area (Å²) in [5.41, 5.74) is 2.96. The van der Waals surface area contributed by atoms with Crippen molar-refractivity contribution in [3.05, 3.63) is 23.9 Å². The maximum absolute atomic E-state index is 12.2. The second kappa shape index (κ2) is 6.15. The Morgan fingerprint density at radius 2 is 2.12 bits per heavy atom. The van der Waals surface area contributed by atoms with E-state index in [2.05, 4.69) is 45.8 Å². The quantitative estimate of drug-likeness (QED) is 0.793. The van der Waals surface area contributed by atoms with Gasteiger partial charge in [0.1, 0.15) is 0 Å². The molecule has 2 aliphatic heterocycles. The van der Waals surface area contributed by atoms with Crippen LogP contribution < -0.4 is 15.5 Å². The predicted octanol–water partition coefficient (Wildman–Crippen LogP) is 0.892. The number of piperidine rings is 1. The first kappa shape index (κ1) is 16.1. The summed E-state index contributed by atoms with van der Waals surface area (Å²) in [5, 5.41) is 11.4. The molecule has 7 nitrogen and oxygen atoms in total. The molecule has 0 aliphatic carbocycles. The lowest BCUT2D eigenvalue weighted by atomic mass is 9.93. The van der Waals surface area contributed by atoms with E-state index in [1.165, 1.54) is 5.69 Å². The van der Waals surface area contributed by atoms with Gasteiger partial charge in [0, 0.05) is 50.2 Å². The van der Waals surface area contributed by atoms with Crippen molar-refractivity contribution >= 4 is 28.4 Å². The molecule has 2 fully saturated rings. The maximum Gasteiger partial charge on any atom is 0.235 e. The molecule has 0 spiro atoms. The van der Waals surface area contributed by atoms with Crippen LogP contribution in [0.25, 0.3) is 10.9 Å². The van der Waals surface area contributed by atoms with Crippen LogP contribution in [0.1, 0.15) is 31.4 Å². The first-order valence-electron chi connectivity index (χ1n) is 8.82. The van der Waals surface area contributed by atoms with Crippen molar-refractivity contribution in [3.8, 4) is 0 Å². The smallest absolute Gasteiger partial charge is 0.235 e. The van der Waals surface area contributed by atoms with Crippen LogP contribution in [-0.4, -0.2) is 47.3 Å². The number of imide groups is 1. The van der Waals surface area contributed by atoms with Gasteiger partial charge in [-0.25, -0.2) is 0 Å². The van der Waals surface area contributed by atoms with E-state index in [-0.39, 0.29) is 17.7 Å². The number of piperazine rings is 1. The third-order valence-electron chi connectivity index (χ3n) is 5.27. The largest absolute Gasteiger partial charge is 0.366 e. The van der Waals surface area contributed by atoms with Crippen molar-refractivity contribution < 1.29 is 9.59 Å². The second-order valence-corrected chi connectivity index (χ2v) is 6.96. The van der Waals surface area contributed by atoms with Crippen LogP contribution in [0.15, 0.2) is 18.2 Å². The van der Waals surface area contributed by atoms with Crippen LogP contribution in [0.4, 0.5) is 5.69 Å². The zero-order valence-corrected chi connectivity index (χ0v) is 14.6. The number of aryl methyl sites for hydroxylation is 1. The molecule has 25 heavy (non-hydrogen) atoms. The van der Waals surface area contributed by atoms with Crippen LogP contribution in [0.5, 0.6) is 0 Å². The van der Waals surface area contributed by atoms with Gasteiger partial charge in [0.15, 0.2) is 0 Å². The fourth-order valence-corrected chi connectivity index (χ4v) is 3.89. The molecule has 2 amide bonds. The zero-order valence-electron chi connectivity index (χ0n) is 14.6. The van der Waals surface area contributed by atoms with E-state index in [4.69, 9.17) is 0 Å². The summed E-state index contributed by atoms with van der Waals surface area (Å²) in [5.74, 6) is -0.794. The highest BCUT2D eigenvalue weighted by atomic mass is 16.2. The Kier molecular flexibility index (Phi) is 3.95. The van der Waals surface area contributed by atoms with E-state index in [0.717, 1.165) is 36.2 Å². The molecule has 2 aliphatic rings. The van der Waals surface area contributed by atoms with Crippen molar-refractivity contribution in [3.63, 3.8) is 0 Å². The Balaban J connectivity index is 1.71. The van der Waals surface area contributed by atoms with E-state index in [1.54, 1.807) is 0 Å². The normalized spacial score (nSPS) is 24.6. The maximum atomic E-state index is 12.2. The predicted molar refractivity (Wildman–Crippen MR) is 95.5 cm³/mol. The summed E-state index contributed by atoms with van der Waals surface area (Å²) < 4.78 is 1.84. The van der Waals surface area contributed by atoms with Gasteiger partial charge in [-0.3, -0.25) is 19.6 Å². The standard InChI is InChI=1S/C18H23N5O2/c1-11-10-19-7-8-23(11)12-3-4-13-15(9-12)22(2)21-17(13)14-5-6-16(24)20-18(14)25/h3-4,9,11,14,19H,5-8,10H2,1-2H3,(H,20,24,25)/t11-,14?/m0/s1. The summed E-state index contributed by atoms with van der Waals surface area (Å²) in [6.45, 7) is 5.15. The molecule has 2 atom stereocenters. The van der Waals surface area contributed by atoms with Crippen molar-refractivity contribution in [2.45, 2.75) is 31.7 Å². The van der Waals surface area contributed by atoms with Crippen molar-refractivity contribution in [2.24, 2.45) is 7.05 Å². The highest BCUT2D eigenvalue weighted by Gasteiger charge is 2.31. The topological polar surface area (TPSA) is 79.3 Å². The third kappa shape index (κ3) is 2.78. The van der Waals surface area contributed by atoms with Gasteiger partial charge in [-0.05, 0) is 31.5 Å². The molecule has 0 radical (unpaired) electrons. The van der Waals surface area contributed by atoms with E-state index in [0.29, 0.717) is 18.9 Å². The van der Waals surface area contributed by atoms with Gasteiger partial charge >= 0.3 is 0 Å². The van der Waals surface area contributed by atoms with Gasteiger partial charge in [-0.1, -0.05) is 0 Å². The third-order valence-corrected chi connectivity index (χ3v) is 5.27. The van der Waals surface area contributed by atoms with E-state index >= 15 is 0 Å². The van der Waals surface area contributed by atoms with E-state index in [1.807, 2.05) is 11.7 Å². The van der Waals surface area contributed by atoms with Gasteiger partial charge in [-0.15, -0.1) is 0 Å². The van der Waals surface area contributed by atoms with Crippen LogP contribution in [0.3, 0.4) is 0 Å². The van der Waals surface area contributed by atoms with Crippen LogP contribution >= 0.6 is 0 Å². The molecule has 0 bridgehead atoms. The lowest BCUT2D eigenvalue weighted by Gasteiger charge is -2.36. The molecular weight excluding hydrogens is 318 g/mol. The Hall–Kier alpha value is -2.41. The van der Waals surface area contributed by atoms with E-state index < -0.39 is 0 Å². The molecule has 7 heteroatoms. The van der Waals surface area contributed by atoms with Crippen LogP contribution in [-0.2, 0) is 16.6 Å². The number of anilines is 1. The monoisotopic (exact) mass is 341 g/mol. The molecule has 2 saturated heterocycles. The Bertz CT molecular complexity index is 843. The summed E-state index contributed by atoms with van der Waals surface area (Å²) in [7, 11) is 1.91. The molecule has 0 saturated carbocycles. The lowest BCUT2D eigenvalue weighted by Crippen LogP contribution is -2.49. The summed E-state index contributed by atoms with van der Waals surface area (Å²) in [6, 6.07) is 6.76. The summed E-state index contributed by atoms with van der Waals surface area (Å²) >= 11 is 0. The first-order chi connectivity index (χ1) is 12.0. The minimum absolute atomic E-state index is 0.198. The number of fused-ring (bicyclic) bond motifs is 1. The fourth-order valence-electron chi connectivity index (χ4n) is 3.89. The Morgan fingerprint density at radius 3 is 2.88 bits per heavy atom. The minimum Gasteiger partial charge on any atom is -0.366 e. The Labute approximate surface area is 146 Å². The van der Waals surface area contributed by atoms with Crippen molar-refractivity contribution in [1.82, 2.24) is 20.4 Å². The average Bonchev–Trinajstić information content (AvgIpc) is 2.91. The molecule has 4 rings (SSSR count). The molecule has 1 aromatic carbocycles. The molecule has 2 aromatic rings. The SMILES string of the molecule is C[C@H]1CNCCN1c1ccc2c(C3CCC(=O)NC3=O)nn(C)c2c1. The number of hydrogen-bond donors (Lipinski definition) is 2. The minimum atomic E-state index is -0.356. The van der Waals surface area contributed by atoms with Crippen LogP contribution in [0, 0.1) is 0 Å². The number of rotatable bonds is 2. The van der Waals surface area contributed by atoms with Gasteiger partial charge < -0.3 is 10.2 Å². The number of benzene rings is 1. The molecule has 2 N–H and O–H groups in total. The average molecular weight is 341 g/mol. The number of carbonyl (C=O) groups is 2. The molecule has 132 valence electrons. The highest BCUT2D eigenvalue weighted by Crippen LogP contribution is 2.32. The van der Waals surface area contributed by atoms with Gasteiger partial charge in [0.2, 0.25) is 11.8 Å². The van der Waals surface area contributed by atoms with Crippen LogP contribution in [0.2, 0.25) is 0 Å². The molecular formula is C18H23N5O2. The number of nitrogens with one attached hydrogen (secondary N) is 2. The molecule has 1 aromatic heterocycles. The highest BCUT2D eigenvalue weighted by molar-refractivity contribution is 6.02. The van der Waals surface area contributed by atoms with Gasteiger partial charge in [0.05, 0.1) is 17.1 Å². The van der Waals surface area contributed by atoms with E-state index in [9.17, 15) is 9.59 Å². The zero-order chi connectivity index (χ0) is 17.6. The summed E-state index contributed by atoms with van der Waals surface area (Å²) in [4.78, 5) is 26.0. The van der Waals surface area contributed by atoms with Gasteiger partial charge in [-0.2, -0.15) is 5.10 Å². The number of aromatic nitrogens is 2. The Morgan fingerprint density at radius 1 is 1.28 bits per heavy atom. The number of amides is 2. The molecule has 1 unspecified atom stereocenters. The first-order valence-corrected chi connectivity index (χ1v) is 8.82. The number of hydrogen-bond acceptors (Lipinski definition) is 5. The summed E-state index contributed by atoms with van der Waals surface area (Å²) in [6.07, 6.45) is 0.887. The van der Waals surface area contributed by atoms with Gasteiger partial charge in [0.25, 0.3) is 0 Å². The fraction of sp³-hybridized carbons (Fsp3) is 0.500. The number of carbonyl (C=O) groups excluding carboxylic acids is 2. The second-order valence-electron chi connectivity index (χ2n) is 6.96. The molecule has 3 heterocycles.